The number of hydrogen-bond donors (Lipinski definition) is 2. The summed E-state index contributed by atoms with van der Waals surface area (Å²) in [6.07, 6.45) is 3.32. The fourth-order valence-corrected chi connectivity index (χ4v) is 1.48. The van der Waals surface area contributed by atoms with Crippen LogP contribution in [-0.4, -0.2) is 24.2 Å². The number of para-hydroxylation sites is 1. The smallest absolute Gasteiger partial charge is 0.275 e. The largest absolute Gasteiger partial charge is 0.496 e. The van der Waals surface area contributed by atoms with Gasteiger partial charge >= 0.3 is 0 Å². The van der Waals surface area contributed by atoms with Gasteiger partial charge in [-0.3, -0.25) is 4.79 Å². The summed E-state index contributed by atoms with van der Waals surface area (Å²) >= 11 is 0. The summed E-state index contributed by atoms with van der Waals surface area (Å²) in [6, 6.07) is 10.7. The molecule has 0 saturated heterocycles. The van der Waals surface area contributed by atoms with Crippen LogP contribution in [0.25, 0.3) is 0 Å². The molecular formula is C13H13N3O2. The van der Waals surface area contributed by atoms with Gasteiger partial charge in [-0.25, -0.2) is 5.43 Å². The molecular weight excluding hydrogens is 230 g/mol. The Bertz CT molecular complexity index is 547. The van der Waals surface area contributed by atoms with Crippen LogP contribution in [0.3, 0.4) is 0 Å². The summed E-state index contributed by atoms with van der Waals surface area (Å²) in [5.41, 5.74) is 3.71. The minimum Gasteiger partial charge on any atom is -0.496 e. The molecule has 0 saturated carbocycles. The molecule has 2 N–H and O–H groups in total. The van der Waals surface area contributed by atoms with Gasteiger partial charge in [0.1, 0.15) is 5.75 Å². The summed E-state index contributed by atoms with van der Waals surface area (Å²) in [5, 5.41) is 3.85. The van der Waals surface area contributed by atoms with Crippen LogP contribution in [0.5, 0.6) is 5.75 Å². The van der Waals surface area contributed by atoms with E-state index >= 15 is 0 Å². The third-order valence-electron chi connectivity index (χ3n) is 2.34. The van der Waals surface area contributed by atoms with Gasteiger partial charge in [0.15, 0.2) is 0 Å². The topological polar surface area (TPSA) is 66.5 Å². The van der Waals surface area contributed by atoms with Crippen molar-refractivity contribution in [1.29, 1.82) is 0 Å². The molecule has 0 atom stereocenters. The van der Waals surface area contributed by atoms with Crippen molar-refractivity contribution in [3.05, 3.63) is 53.9 Å². The van der Waals surface area contributed by atoms with Gasteiger partial charge in [-0.15, -0.1) is 0 Å². The molecule has 2 aromatic rings. The second-order valence-corrected chi connectivity index (χ2v) is 3.52. The first-order valence-corrected chi connectivity index (χ1v) is 5.41. The molecule has 0 aliphatic carbocycles. The van der Waals surface area contributed by atoms with Gasteiger partial charge < -0.3 is 9.72 Å². The monoisotopic (exact) mass is 243 g/mol. The maximum atomic E-state index is 11.8. The maximum Gasteiger partial charge on any atom is 0.275 e. The van der Waals surface area contributed by atoms with E-state index in [1.54, 1.807) is 30.5 Å². The number of aromatic nitrogens is 1. The molecule has 0 unspecified atom stereocenters. The first-order chi connectivity index (χ1) is 8.81. The molecule has 18 heavy (non-hydrogen) atoms. The first kappa shape index (κ1) is 11.9. The van der Waals surface area contributed by atoms with Crippen molar-refractivity contribution in [3.63, 3.8) is 0 Å². The number of carbonyl (C=O) groups excluding carboxylic acids is 1. The van der Waals surface area contributed by atoms with Gasteiger partial charge in [0.25, 0.3) is 5.91 Å². The lowest BCUT2D eigenvalue weighted by atomic mass is 10.2. The Kier molecular flexibility index (Phi) is 3.76. The normalized spacial score (nSPS) is 10.5. The van der Waals surface area contributed by atoms with Crippen molar-refractivity contribution in [3.8, 4) is 5.75 Å². The molecule has 92 valence electrons. The van der Waals surface area contributed by atoms with Crippen LogP contribution in [0.4, 0.5) is 0 Å². The summed E-state index contributed by atoms with van der Waals surface area (Å²) in [7, 11) is 1.52. The Balaban J connectivity index is 2.04. The third-order valence-corrected chi connectivity index (χ3v) is 2.34. The van der Waals surface area contributed by atoms with E-state index in [0.717, 1.165) is 5.69 Å². The van der Waals surface area contributed by atoms with E-state index in [1.807, 2.05) is 12.1 Å². The number of aromatic amines is 1. The molecule has 1 amide bonds. The lowest BCUT2D eigenvalue weighted by molar-refractivity contribution is 0.0952. The van der Waals surface area contributed by atoms with Gasteiger partial charge in [-0.05, 0) is 24.3 Å². The maximum absolute atomic E-state index is 11.8. The van der Waals surface area contributed by atoms with Crippen molar-refractivity contribution >= 4 is 12.1 Å². The zero-order valence-corrected chi connectivity index (χ0v) is 9.88. The molecule has 0 spiro atoms. The van der Waals surface area contributed by atoms with Crippen LogP contribution in [0.15, 0.2) is 47.7 Å². The zero-order valence-electron chi connectivity index (χ0n) is 9.88. The van der Waals surface area contributed by atoms with Crippen LogP contribution < -0.4 is 10.2 Å². The quantitative estimate of drug-likeness (QED) is 0.635. The Morgan fingerprint density at radius 2 is 2.17 bits per heavy atom. The minimum absolute atomic E-state index is 0.310. The first-order valence-electron chi connectivity index (χ1n) is 5.41. The van der Waals surface area contributed by atoms with Crippen LogP contribution in [0.1, 0.15) is 16.1 Å². The highest BCUT2D eigenvalue weighted by Gasteiger charge is 2.09. The second-order valence-electron chi connectivity index (χ2n) is 3.52. The molecule has 1 heterocycles. The van der Waals surface area contributed by atoms with E-state index in [9.17, 15) is 4.79 Å². The molecule has 0 radical (unpaired) electrons. The molecule has 5 heteroatoms. The fraction of sp³-hybridized carbons (Fsp3) is 0.0769. The van der Waals surface area contributed by atoms with Gasteiger partial charge in [-0.1, -0.05) is 12.1 Å². The predicted octanol–water partition coefficient (Wildman–Crippen LogP) is 1.79. The van der Waals surface area contributed by atoms with E-state index in [1.165, 1.54) is 13.3 Å². The lowest BCUT2D eigenvalue weighted by Gasteiger charge is -2.05. The molecule has 0 bridgehead atoms. The van der Waals surface area contributed by atoms with Gasteiger partial charge in [0.05, 0.1) is 24.6 Å². The number of H-pyrrole nitrogens is 1. The highest BCUT2D eigenvalue weighted by Crippen LogP contribution is 2.16. The molecule has 2 rings (SSSR count). The number of benzene rings is 1. The Morgan fingerprint density at radius 1 is 1.33 bits per heavy atom. The molecule has 0 fully saturated rings. The summed E-state index contributed by atoms with van der Waals surface area (Å²) in [5.74, 6) is 0.209. The molecule has 5 nitrogen and oxygen atoms in total. The van der Waals surface area contributed by atoms with Crippen molar-refractivity contribution in [2.75, 3.05) is 7.11 Å². The third kappa shape index (κ3) is 2.76. The van der Waals surface area contributed by atoms with Gasteiger partial charge in [0, 0.05) is 6.20 Å². The van der Waals surface area contributed by atoms with E-state index < -0.39 is 0 Å². The zero-order chi connectivity index (χ0) is 12.8. The van der Waals surface area contributed by atoms with Crippen LogP contribution in [0, 0.1) is 0 Å². The lowest BCUT2D eigenvalue weighted by Crippen LogP contribution is -2.18. The van der Waals surface area contributed by atoms with E-state index in [4.69, 9.17) is 4.74 Å². The summed E-state index contributed by atoms with van der Waals surface area (Å²) in [4.78, 5) is 14.8. The highest BCUT2D eigenvalue weighted by atomic mass is 16.5. The van der Waals surface area contributed by atoms with Crippen molar-refractivity contribution < 1.29 is 9.53 Å². The standard InChI is InChI=1S/C13H13N3O2/c1-18-12-7-3-2-6-11(12)13(17)16-15-9-10-5-4-8-14-10/h2-9,14H,1H3,(H,16,17)/b15-9+. The van der Waals surface area contributed by atoms with Crippen LogP contribution in [0.2, 0.25) is 0 Å². The number of nitrogens with zero attached hydrogens (tertiary/aromatic N) is 1. The Morgan fingerprint density at radius 3 is 2.89 bits per heavy atom. The Labute approximate surface area is 104 Å². The van der Waals surface area contributed by atoms with Crippen LogP contribution in [-0.2, 0) is 0 Å². The molecule has 1 aromatic heterocycles. The van der Waals surface area contributed by atoms with Crippen molar-refractivity contribution in [2.24, 2.45) is 5.10 Å². The molecule has 1 aromatic carbocycles. The average molecular weight is 243 g/mol. The van der Waals surface area contributed by atoms with Gasteiger partial charge in [-0.2, -0.15) is 5.10 Å². The number of hydrazone groups is 1. The summed E-state index contributed by atoms with van der Waals surface area (Å²) in [6.45, 7) is 0. The van der Waals surface area contributed by atoms with E-state index in [2.05, 4.69) is 15.5 Å². The van der Waals surface area contributed by atoms with Gasteiger partial charge in [0.2, 0.25) is 0 Å². The van der Waals surface area contributed by atoms with Crippen molar-refractivity contribution in [2.45, 2.75) is 0 Å². The number of carbonyl (C=O) groups is 1. The molecule has 0 aliphatic rings. The Hall–Kier alpha value is -2.56. The number of methoxy groups -OCH3 is 1. The second kappa shape index (κ2) is 5.67. The molecule has 0 aliphatic heterocycles. The van der Waals surface area contributed by atoms with E-state index in [-0.39, 0.29) is 5.91 Å². The number of hydrogen-bond acceptors (Lipinski definition) is 3. The average Bonchev–Trinajstić information content (AvgIpc) is 2.91. The number of amides is 1. The summed E-state index contributed by atoms with van der Waals surface area (Å²) < 4.78 is 5.10. The highest BCUT2D eigenvalue weighted by molar-refractivity contribution is 5.97. The number of ether oxygens (including phenoxy) is 1. The number of rotatable bonds is 4. The van der Waals surface area contributed by atoms with Crippen molar-refractivity contribution in [1.82, 2.24) is 10.4 Å². The number of nitrogens with one attached hydrogen (secondary N) is 2. The van der Waals surface area contributed by atoms with Crippen LogP contribution >= 0.6 is 0 Å². The fourth-order valence-electron chi connectivity index (χ4n) is 1.48. The minimum atomic E-state index is -0.310. The predicted molar refractivity (Wildman–Crippen MR) is 68.8 cm³/mol. The van der Waals surface area contributed by atoms with E-state index in [0.29, 0.717) is 11.3 Å². The SMILES string of the molecule is COc1ccccc1C(=O)N/N=C/c1ccc[nH]1.